The molecule has 0 saturated heterocycles. The van der Waals surface area contributed by atoms with Crippen molar-refractivity contribution in [3.8, 4) is 0 Å². The molecule has 0 bridgehead atoms. The lowest BCUT2D eigenvalue weighted by atomic mass is 9.81. The third-order valence-electron chi connectivity index (χ3n) is 4.62. The highest BCUT2D eigenvalue weighted by molar-refractivity contribution is 4.78. The van der Waals surface area contributed by atoms with E-state index in [1.807, 2.05) is 0 Å². The van der Waals surface area contributed by atoms with Crippen LogP contribution >= 0.6 is 0 Å². The summed E-state index contributed by atoms with van der Waals surface area (Å²) in [6, 6.07) is 0.515. The molecule has 0 heterocycles. The van der Waals surface area contributed by atoms with Crippen molar-refractivity contribution in [1.29, 1.82) is 0 Å². The average Bonchev–Trinajstić information content (AvgIpc) is 2.59. The van der Waals surface area contributed by atoms with Crippen LogP contribution in [0.2, 0.25) is 0 Å². The lowest BCUT2D eigenvalue weighted by molar-refractivity contribution is 0.268. The maximum atomic E-state index is 6.06. The van der Waals surface area contributed by atoms with Gasteiger partial charge in [0.25, 0.3) is 0 Å². The third-order valence-corrected chi connectivity index (χ3v) is 4.62. The Kier molecular flexibility index (Phi) is 4.49. The molecular weight excluding hydrogens is 182 g/mol. The van der Waals surface area contributed by atoms with Crippen LogP contribution in [0.1, 0.15) is 70.6 Å². The van der Waals surface area contributed by atoms with E-state index in [-0.39, 0.29) is 0 Å². The van der Waals surface area contributed by atoms with Gasteiger partial charge in [0.15, 0.2) is 0 Å². The normalized spacial score (nSPS) is 35.8. The maximum absolute atomic E-state index is 6.06. The Morgan fingerprint density at radius 3 is 1.87 bits per heavy atom. The molecule has 2 rings (SSSR count). The molecular formula is C14H27N. The molecule has 2 aliphatic carbocycles. The molecule has 2 saturated carbocycles. The number of hydrogen-bond donors (Lipinski definition) is 1. The van der Waals surface area contributed by atoms with Crippen molar-refractivity contribution in [3.63, 3.8) is 0 Å². The Morgan fingerprint density at radius 2 is 1.13 bits per heavy atom. The van der Waals surface area contributed by atoms with E-state index >= 15 is 0 Å². The molecule has 2 unspecified atom stereocenters. The van der Waals surface area contributed by atoms with E-state index in [4.69, 9.17) is 5.73 Å². The van der Waals surface area contributed by atoms with E-state index in [9.17, 15) is 0 Å². The number of nitrogens with two attached hydrogens (primary N) is 1. The Labute approximate surface area is 94.8 Å². The van der Waals surface area contributed by atoms with E-state index in [2.05, 4.69) is 0 Å². The molecule has 0 aliphatic heterocycles. The van der Waals surface area contributed by atoms with Crippen LogP contribution < -0.4 is 5.73 Å². The van der Waals surface area contributed by atoms with Gasteiger partial charge in [-0.2, -0.15) is 0 Å². The minimum Gasteiger partial charge on any atom is -0.328 e. The quantitative estimate of drug-likeness (QED) is 0.652. The molecule has 0 aromatic rings. The monoisotopic (exact) mass is 209 g/mol. The van der Waals surface area contributed by atoms with Crippen molar-refractivity contribution in [2.75, 3.05) is 0 Å². The predicted molar refractivity (Wildman–Crippen MR) is 65.7 cm³/mol. The molecule has 2 fully saturated rings. The topological polar surface area (TPSA) is 26.0 Å². The van der Waals surface area contributed by atoms with Crippen LogP contribution in [0.25, 0.3) is 0 Å². The predicted octanol–water partition coefficient (Wildman–Crippen LogP) is 3.86. The van der Waals surface area contributed by atoms with Gasteiger partial charge in [-0.15, -0.1) is 0 Å². The molecule has 2 atom stereocenters. The minimum absolute atomic E-state index is 0.515. The van der Waals surface area contributed by atoms with Gasteiger partial charge in [0.1, 0.15) is 0 Å². The molecule has 0 radical (unpaired) electrons. The summed E-state index contributed by atoms with van der Waals surface area (Å²) in [6.07, 6.45) is 15.8. The summed E-state index contributed by atoms with van der Waals surface area (Å²) >= 11 is 0. The molecule has 0 spiro atoms. The summed E-state index contributed by atoms with van der Waals surface area (Å²) in [5.74, 6) is 2.08. The minimum atomic E-state index is 0.515. The Bertz CT molecular complexity index is 170. The van der Waals surface area contributed by atoms with Gasteiger partial charge in [-0.1, -0.05) is 51.4 Å². The van der Waals surface area contributed by atoms with E-state index in [0.717, 1.165) is 11.8 Å². The molecule has 1 nitrogen and oxygen atoms in total. The maximum Gasteiger partial charge on any atom is 0.00389 e. The smallest absolute Gasteiger partial charge is 0.00389 e. The second-order valence-electron chi connectivity index (χ2n) is 5.78. The fraction of sp³-hybridized carbons (Fsp3) is 1.00. The zero-order valence-corrected chi connectivity index (χ0v) is 10.1. The summed E-state index contributed by atoms with van der Waals surface area (Å²) in [7, 11) is 0. The van der Waals surface area contributed by atoms with Crippen molar-refractivity contribution in [2.24, 2.45) is 17.6 Å². The Hall–Kier alpha value is -0.0400. The van der Waals surface area contributed by atoms with E-state index in [1.165, 1.54) is 70.6 Å². The van der Waals surface area contributed by atoms with Crippen molar-refractivity contribution >= 4 is 0 Å². The fourth-order valence-electron chi connectivity index (χ4n) is 3.61. The van der Waals surface area contributed by atoms with E-state index in [0.29, 0.717) is 6.04 Å². The van der Waals surface area contributed by atoms with Crippen LogP contribution in [0.5, 0.6) is 0 Å². The van der Waals surface area contributed by atoms with E-state index < -0.39 is 0 Å². The molecule has 0 amide bonds. The van der Waals surface area contributed by atoms with Crippen LogP contribution in [0.4, 0.5) is 0 Å². The van der Waals surface area contributed by atoms with Gasteiger partial charge in [0, 0.05) is 6.04 Å². The summed E-state index contributed by atoms with van der Waals surface area (Å²) in [4.78, 5) is 0. The van der Waals surface area contributed by atoms with Gasteiger partial charge >= 0.3 is 0 Å². The molecule has 0 aromatic carbocycles. The van der Waals surface area contributed by atoms with Crippen molar-refractivity contribution < 1.29 is 0 Å². The van der Waals surface area contributed by atoms with Gasteiger partial charge in [-0.3, -0.25) is 0 Å². The zero-order chi connectivity index (χ0) is 10.5. The summed E-state index contributed by atoms with van der Waals surface area (Å²) in [5, 5.41) is 0. The molecule has 0 aromatic heterocycles. The first kappa shape index (κ1) is 11.4. The van der Waals surface area contributed by atoms with E-state index in [1.54, 1.807) is 0 Å². The standard InChI is InChI=1S/C14H27N/c15-14-9-5-8-13(10-11-14)12-6-3-1-2-4-7-12/h12-14H,1-11,15H2. The average molecular weight is 209 g/mol. The lowest BCUT2D eigenvalue weighted by Gasteiger charge is -2.24. The number of hydrogen-bond acceptors (Lipinski definition) is 1. The van der Waals surface area contributed by atoms with Crippen molar-refractivity contribution in [2.45, 2.75) is 76.7 Å². The van der Waals surface area contributed by atoms with Crippen molar-refractivity contribution in [1.82, 2.24) is 0 Å². The first-order valence-corrected chi connectivity index (χ1v) is 7.12. The second kappa shape index (κ2) is 5.89. The van der Waals surface area contributed by atoms with Crippen LogP contribution in [-0.4, -0.2) is 6.04 Å². The van der Waals surface area contributed by atoms with Crippen molar-refractivity contribution in [3.05, 3.63) is 0 Å². The van der Waals surface area contributed by atoms with Gasteiger partial charge in [0.05, 0.1) is 0 Å². The molecule has 2 N–H and O–H groups in total. The second-order valence-corrected chi connectivity index (χ2v) is 5.78. The van der Waals surface area contributed by atoms with Gasteiger partial charge in [-0.25, -0.2) is 0 Å². The highest BCUT2D eigenvalue weighted by atomic mass is 14.6. The summed E-state index contributed by atoms with van der Waals surface area (Å²) in [6.45, 7) is 0. The summed E-state index contributed by atoms with van der Waals surface area (Å²) < 4.78 is 0. The molecule has 15 heavy (non-hydrogen) atoms. The molecule has 88 valence electrons. The largest absolute Gasteiger partial charge is 0.328 e. The van der Waals surface area contributed by atoms with Crippen LogP contribution in [0, 0.1) is 11.8 Å². The summed E-state index contributed by atoms with van der Waals surface area (Å²) in [5.41, 5.74) is 6.06. The number of rotatable bonds is 1. The molecule has 2 aliphatic rings. The van der Waals surface area contributed by atoms with Gasteiger partial charge < -0.3 is 5.73 Å². The van der Waals surface area contributed by atoms with Gasteiger partial charge in [0.2, 0.25) is 0 Å². The highest BCUT2D eigenvalue weighted by Crippen LogP contribution is 2.36. The first-order valence-electron chi connectivity index (χ1n) is 7.12. The Morgan fingerprint density at radius 1 is 0.533 bits per heavy atom. The highest BCUT2D eigenvalue weighted by Gasteiger charge is 2.24. The van der Waals surface area contributed by atoms with Gasteiger partial charge in [-0.05, 0) is 31.1 Å². The first-order chi connectivity index (χ1) is 7.36. The molecule has 1 heteroatoms. The lowest BCUT2D eigenvalue weighted by Crippen LogP contribution is -2.19. The SMILES string of the molecule is NC1CCCC(C2CCCCCC2)CC1. The fourth-order valence-corrected chi connectivity index (χ4v) is 3.61. The zero-order valence-electron chi connectivity index (χ0n) is 10.1. The Balaban J connectivity index is 1.84. The van der Waals surface area contributed by atoms with Crippen LogP contribution in [0.15, 0.2) is 0 Å². The van der Waals surface area contributed by atoms with Crippen LogP contribution in [-0.2, 0) is 0 Å². The van der Waals surface area contributed by atoms with Crippen LogP contribution in [0.3, 0.4) is 0 Å². The third kappa shape index (κ3) is 3.48.